The molecule has 2 atom stereocenters. The van der Waals surface area contributed by atoms with Crippen molar-refractivity contribution >= 4 is 11.9 Å². The van der Waals surface area contributed by atoms with Gasteiger partial charge in [-0.05, 0) is 29.5 Å². The van der Waals surface area contributed by atoms with Crippen LogP contribution in [0.4, 0.5) is 0 Å². The summed E-state index contributed by atoms with van der Waals surface area (Å²) in [6.45, 7) is 5.20. The Morgan fingerprint density at radius 3 is 2.19 bits per heavy atom. The van der Waals surface area contributed by atoms with Crippen molar-refractivity contribution in [3.63, 3.8) is 0 Å². The van der Waals surface area contributed by atoms with Crippen LogP contribution in [0.5, 0.6) is 5.75 Å². The lowest BCUT2D eigenvalue weighted by Gasteiger charge is -2.28. The number of aliphatic carboxylic acids is 1. The quantitative estimate of drug-likeness (QED) is 0.644. The molecule has 0 bridgehead atoms. The molecule has 0 fully saturated rings. The second kappa shape index (κ2) is 6.58. The molecule has 6 nitrogen and oxygen atoms in total. The molecule has 0 aliphatic carbocycles. The van der Waals surface area contributed by atoms with Crippen molar-refractivity contribution in [2.75, 3.05) is 0 Å². The van der Waals surface area contributed by atoms with Gasteiger partial charge in [0, 0.05) is 0 Å². The zero-order valence-electron chi connectivity index (χ0n) is 12.5. The van der Waals surface area contributed by atoms with Crippen LogP contribution in [0.3, 0.4) is 0 Å². The van der Waals surface area contributed by atoms with E-state index >= 15 is 0 Å². The fourth-order valence-corrected chi connectivity index (χ4v) is 1.88. The second-order valence-electron chi connectivity index (χ2n) is 6.12. The summed E-state index contributed by atoms with van der Waals surface area (Å²) >= 11 is 0. The number of nitrogens with one attached hydrogen (secondary N) is 1. The number of hydrogen-bond donors (Lipinski definition) is 4. The van der Waals surface area contributed by atoms with Gasteiger partial charge in [-0.15, -0.1) is 0 Å². The van der Waals surface area contributed by atoms with Crippen LogP contribution in [0.25, 0.3) is 0 Å². The van der Waals surface area contributed by atoms with Gasteiger partial charge >= 0.3 is 5.97 Å². The van der Waals surface area contributed by atoms with Gasteiger partial charge in [0.05, 0.1) is 6.04 Å². The van der Waals surface area contributed by atoms with Gasteiger partial charge < -0.3 is 21.3 Å². The monoisotopic (exact) mass is 294 g/mol. The lowest BCUT2D eigenvalue weighted by molar-refractivity contribution is -0.145. The molecule has 0 heterocycles. The molecule has 0 spiro atoms. The van der Waals surface area contributed by atoms with E-state index in [1.54, 1.807) is 32.9 Å². The van der Waals surface area contributed by atoms with E-state index in [4.69, 9.17) is 5.73 Å². The highest BCUT2D eigenvalue weighted by atomic mass is 16.4. The van der Waals surface area contributed by atoms with Crippen molar-refractivity contribution in [1.29, 1.82) is 0 Å². The Bertz CT molecular complexity index is 505. The highest BCUT2D eigenvalue weighted by molar-refractivity contribution is 5.87. The number of benzene rings is 1. The van der Waals surface area contributed by atoms with Gasteiger partial charge in [0.15, 0.2) is 0 Å². The van der Waals surface area contributed by atoms with Crippen LogP contribution in [-0.2, 0) is 16.0 Å². The zero-order chi connectivity index (χ0) is 16.2. The predicted octanol–water partition coefficient (Wildman–Crippen LogP) is 0.877. The number of nitrogens with two attached hydrogens (primary N) is 1. The molecule has 1 amide bonds. The smallest absolute Gasteiger partial charge is 0.326 e. The predicted molar refractivity (Wildman–Crippen MR) is 78.8 cm³/mol. The number of carbonyl (C=O) groups is 2. The number of rotatable bonds is 5. The number of carbonyl (C=O) groups excluding carboxylic acids is 1. The molecule has 21 heavy (non-hydrogen) atoms. The van der Waals surface area contributed by atoms with Gasteiger partial charge in [0.1, 0.15) is 11.8 Å². The van der Waals surface area contributed by atoms with Gasteiger partial charge in [-0.1, -0.05) is 32.9 Å². The Morgan fingerprint density at radius 1 is 1.24 bits per heavy atom. The summed E-state index contributed by atoms with van der Waals surface area (Å²) in [5.74, 6) is -1.46. The Balaban J connectivity index is 2.69. The Hall–Kier alpha value is -2.08. The molecule has 1 rings (SSSR count). The number of hydrogen-bond acceptors (Lipinski definition) is 4. The Morgan fingerprint density at radius 2 is 1.76 bits per heavy atom. The minimum Gasteiger partial charge on any atom is -0.508 e. The number of carboxylic acid groups (broad SMARTS) is 1. The van der Waals surface area contributed by atoms with Crippen LogP contribution in [0.2, 0.25) is 0 Å². The SMILES string of the molecule is CC(C)(C)C(NC(=O)C(N)Cc1ccc(O)cc1)C(=O)O. The number of carboxylic acids is 1. The van der Waals surface area contributed by atoms with Crippen molar-refractivity contribution in [2.24, 2.45) is 11.1 Å². The molecule has 0 aromatic heterocycles. The molecule has 0 aliphatic heterocycles. The van der Waals surface area contributed by atoms with Crippen LogP contribution >= 0.6 is 0 Å². The molecule has 0 saturated carbocycles. The lowest BCUT2D eigenvalue weighted by atomic mass is 9.86. The molecule has 2 unspecified atom stereocenters. The molecule has 6 heteroatoms. The van der Waals surface area contributed by atoms with Crippen LogP contribution in [0, 0.1) is 5.41 Å². The molecule has 1 aromatic carbocycles. The lowest BCUT2D eigenvalue weighted by Crippen LogP contribution is -2.54. The number of aromatic hydroxyl groups is 1. The summed E-state index contributed by atoms with van der Waals surface area (Å²) in [6.07, 6.45) is 0.266. The third-order valence-corrected chi connectivity index (χ3v) is 3.13. The van der Waals surface area contributed by atoms with Crippen molar-refractivity contribution in [2.45, 2.75) is 39.3 Å². The van der Waals surface area contributed by atoms with E-state index in [0.29, 0.717) is 0 Å². The zero-order valence-corrected chi connectivity index (χ0v) is 12.5. The largest absolute Gasteiger partial charge is 0.508 e. The molecule has 0 radical (unpaired) electrons. The molecule has 0 saturated heterocycles. The fourth-order valence-electron chi connectivity index (χ4n) is 1.88. The minimum absolute atomic E-state index is 0.135. The molecule has 0 aliphatic rings. The second-order valence-corrected chi connectivity index (χ2v) is 6.12. The summed E-state index contributed by atoms with van der Waals surface area (Å²) in [7, 11) is 0. The van der Waals surface area contributed by atoms with Crippen LogP contribution in [-0.4, -0.2) is 34.2 Å². The highest BCUT2D eigenvalue weighted by Gasteiger charge is 2.33. The van der Waals surface area contributed by atoms with Gasteiger partial charge in [-0.3, -0.25) is 4.79 Å². The maximum absolute atomic E-state index is 12.0. The minimum atomic E-state index is -1.09. The first-order valence-electron chi connectivity index (χ1n) is 6.68. The Labute approximate surface area is 124 Å². The van der Waals surface area contributed by atoms with Gasteiger partial charge in [-0.25, -0.2) is 4.79 Å². The molecule has 1 aromatic rings. The molecule has 116 valence electrons. The third kappa shape index (κ3) is 5.07. The van der Waals surface area contributed by atoms with Crippen molar-refractivity contribution in [1.82, 2.24) is 5.32 Å². The average Bonchev–Trinajstić information content (AvgIpc) is 2.36. The van der Waals surface area contributed by atoms with Gasteiger partial charge in [-0.2, -0.15) is 0 Å². The maximum Gasteiger partial charge on any atom is 0.326 e. The fraction of sp³-hybridized carbons (Fsp3) is 0.467. The van der Waals surface area contributed by atoms with Gasteiger partial charge in [0.2, 0.25) is 5.91 Å². The van der Waals surface area contributed by atoms with Crippen LogP contribution in [0.15, 0.2) is 24.3 Å². The van der Waals surface area contributed by atoms with E-state index < -0.39 is 29.4 Å². The summed E-state index contributed by atoms with van der Waals surface area (Å²) in [4.78, 5) is 23.2. The van der Waals surface area contributed by atoms with Crippen molar-refractivity contribution in [3.8, 4) is 5.75 Å². The number of phenolic OH excluding ortho intramolecular Hbond substituents is 1. The first kappa shape index (κ1) is 17.0. The number of amides is 1. The first-order chi connectivity index (χ1) is 9.61. The Kier molecular flexibility index (Phi) is 5.32. The molecule has 5 N–H and O–H groups in total. The van der Waals surface area contributed by atoms with E-state index in [-0.39, 0.29) is 12.2 Å². The summed E-state index contributed by atoms with van der Waals surface area (Å²) in [5, 5.41) is 20.8. The number of phenols is 1. The van der Waals surface area contributed by atoms with E-state index in [1.807, 2.05) is 0 Å². The van der Waals surface area contributed by atoms with E-state index in [9.17, 15) is 19.8 Å². The van der Waals surface area contributed by atoms with E-state index in [0.717, 1.165) is 5.56 Å². The van der Waals surface area contributed by atoms with Crippen LogP contribution < -0.4 is 11.1 Å². The van der Waals surface area contributed by atoms with Gasteiger partial charge in [0.25, 0.3) is 0 Å². The standard InChI is InChI=1S/C15H22N2O4/c1-15(2,3)12(14(20)21)17-13(19)11(16)8-9-4-6-10(18)7-5-9/h4-7,11-12,18H,8,16H2,1-3H3,(H,17,19)(H,20,21). The average molecular weight is 294 g/mol. The molecular weight excluding hydrogens is 272 g/mol. The first-order valence-corrected chi connectivity index (χ1v) is 6.68. The van der Waals surface area contributed by atoms with E-state index in [1.165, 1.54) is 12.1 Å². The normalized spacial score (nSPS) is 14.3. The summed E-state index contributed by atoms with van der Waals surface area (Å²) < 4.78 is 0. The summed E-state index contributed by atoms with van der Waals surface area (Å²) in [5.41, 5.74) is 5.99. The summed E-state index contributed by atoms with van der Waals surface area (Å²) in [6, 6.07) is 4.50. The van der Waals surface area contributed by atoms with Crippen molar-refractivity contribution in [3.05, 3.63) is 29.8 Å². The van der Waals surface area contributed by atoms with E-state index in [2.05, 4.69) is 5.32 Å². The molecular formula is C15H22N2O4. The third-order valence-electron chi connectivity index (χ3n) is 3.13. The van der Waals surface area contributed by atoms with Crippen molar-refractivity contribution < 1.29 is 19.8 Å². The van der Waals surface area contributed by atoms with Crippen LogP contribution in [0.1, 0.15) is 26.3 Å². The maximum atomic E-state index is 12.0. The topological polar surface area (TPSA) is 113 Å². The highest BCUT2D eigenvalue weighted by Crippen LogP contribution is 2.19.